The van der Waals surface area contributed by atoms with Gasteiger partial charge >= 0.3 is 0 Å². The average Bonchev–Trinajstić information content (AvgIpc) is 2.84. The largest absolute Gasteiger partial charge is 0.367 e. The van der Waals surface area contributed by atoms with Gasteiger partial charge in [0, 0.05) is 24.0 Å². The van der Waals surface area contributed by atoms with Gasteiger partial charge in [0.1, 0.15) is 0 Å². The summed E-state index contributed by atoms with van der Waals surface area (Å²) in [5.41, 5.74) is 7.23. The molecule has 0 spiro atoms. The van der Waals surface area contributed by atoms with E-state index in [0.29, 0.717) is 0 Å². The second kappa shape index (κ2) is 7.10. The molecule has 0 saturated heterocycles. The van der Waals surface area contributed by atoms with Crippen LogP contribution in [0.1, 0.15) is 0 Å². The van der Waals surface area contributed by atoms with Crippen molar-refractivity contribution in [1.82, 2.24) is 0 Å². The summed E-state index contributed by atoms with van der Waals surface area (Å²) in [5, 5.41) is 4.99. The number of hydrogen-bond acceptors (Lipinski definition) is 2. The van der Waals surface area contributed by atoms with E-state index in [0.717, 1.165) is 12.2 Å². The predicted molar refractivity (Wildman–Crippen MR) is 134 cm³/mol. The summed E-state index contributed by atoms with van der Waals surface area (Å²) in [6, 6.07) is 34.8. The van der Waals surface area contributed by atoms with Gasteiger partial charge in [-0.1, -0.05) is 84.9 Å². The minimum atomic E-state index is 0.830. The fourth-order valence-corrected chi connectivity index (χ4v) is 4.69. The van der Waals surface area contributed by atoms with E-state index < -0.39 is 0 Å². The molecule has 0 fully saturated rings. The van der Waals surface area contributed by atoms with Gasteiger partial charge in [0.15, 0.2) is 0 Å². The minimum Gasteiger partial charge on any atom is -0.367 e. The van der Waals surface area contributed by atoms with Crippen molar-refractivity contribution in [1.29, 1.82) is 0 Å². The SMILES string of the molecule is CN1CC=Nc2c1c1ccc(-c3ccccc3)cc1c1cc(-c3ccccc3)ccc21. The molecule has 5 aromatic carbocycles. The van der Waals surface area contributed by atoms with E-state index in [2.05, 4.69) is 109 Å². The Bertz CT molecular complexity index is 1450. The van der Waals surface area contributed by atoms with Gasteiger partial charge in [-0.25, -0.2) is 0 Å². The molecule has 0 unspecified atom stereocenters. The summed E-state index contributed by atoms with van der Waals surface area (Å²) >= 11 is 0. The highest BCUT2D eigenvalue weighted by molar-refractivity contribution is 6.22. The molecule has 31 heavy (non-hydrogen) atoms. The smallest absolute Gasteiger partial charge is 0.0944 e. The zero-order chi connectivity index (χ0) is 20.8. The molecule has 5 aromatic rings. The third kappa shape index (κ3) is 2.91. The van der Waals surface area contributed by atoms with Gasteiger partial charge in [0.2, 0.25) is 0 Å². The quantitative estimate of drug-likeness (QED) is 0.281. The summed E-state index contributed by atoms with van der Waals surface area (Å²) in [7, 11) is 2.15. The van der Waals surface area contributed by atoms with Crippen LogP contribution in [0, 0.1) is 0 Å². The molecule has 0 amide bonds. The molecule has 1 heterocycles. The molecule has 0 aliphatic carbocycles. The summed E-state index contributed by atoms with van der Waals surface area (Å²) in [4.78, 5) is 7.14. The number of nitrogens with zero attached hydrogens (tertiary/aromatic N) is 2. The van der Waals surface area contributed by atoms with Gasteiger partial charge in [-0.3, -0.25) is 4.99 Å². The standard InChI is InChI=1S/C29H22N2/c1-31-17-16-30-28-24-14-12-22(20-8-4-2-5-9-20)18-26(24)27-19-23(13-15-25(27)29(28)31)21-10-6-3-7-11-21/h2-16,18-19H,17H2,1H3. The van der Waals surface area contributed by atoms with Crippen molar-refractivity contribution >= 4 is 39.1 Å². The van der Waals surface area contributed by atoms with E-state index in [1.54, 1.807) is 0 Å². The summed E-state index contributed by atoms with van der Waals surface area (Å²) in [6.45, 7) is 0.830. The van der Waals surface area contributed by atoms with Crippen LogP contribution >= 0.6 is 0 Å². The molecule has 1 aliphatic rings. The molecule has 6 rings (SSSR count). The van der Waals surface area contributed by atoms with Crippen LogP contribution in [0.3, 0.4) is 0 Å². The van der Waals surface area contributed by atoms with Crippen LogP contribution in [-0.4, -0.2) is 19.8 Å². The normalized spacial score (nSPS) is 13.0. The Labute approximate surface area is 182 Å². The first-order valence-corrected chi connectivity index (χ1v) is 10.7. The lowest BCUT2D eigenvalue weighted by molar-refractivity contribution is 1.06. The Morgan fingerprint density at radius 3 is 1.74 bits per heavy atom. The Balaban J connectivity index is 1.71. The van der Waals surface area contributed by atoms with Crippen molar-refractivity contribution in [2.75, 3.05) is 18.5 Å². The molecule has 0 aromatic heterocycles. The lowest BCUT2D eigenvalue weighted by atomic mass is 9.92. The van der Waals surface area contributed by atoms with Crippen LogP contribution in [0.25, 0.3) is 43.8 Å². The van der Waals surface area contributed by atoms with Crippen molar-refractivity contribution in [2.45, 2.75) is 0 Å². The van der Waals surface area contributed by atoms with Crippen LogP contribution in [-0.2, 0) is 0 Å². The van der Waals surface area contributed by atoms with Gasteiger partial charge in [-0.15, -0.1) is 0 Å². The molecule has 0 N–H and O–H groups in total. The zero-order valence-corrected chi connectivity index (χ0v) is 17.4. The van der Waals surface area contributed by atoms with Crippen molar-refractivity contribution in [2.24, 2.45) is 4.99 Å². The first-order valence-electron chi connectivity index (χ1n) is 10.7. The molecule has 0 atom stereocenters. The number of aliphatic imine (C=N–C) groups is 1. The van der Waals surface area contributed by atoms with Crippen molar-refractivity contribution in [3.05, 3.63) is 97.1 Å². The number of anilines is 1. The maximum Gasteiger partial charge on any atom is 0.0944 e. The monoisotopic (exact) mass is 398 g/mol. The molecule has 0 bridgehead atoms. The van der Waals surface area contributed by atoms with Gasteiger partial charge < -0.3 is 4.90 Å². The van der Waals surface area contributed by atoms with Crippen LogP contribution in [0.2, 0.25) is 0 Å². The van der Waals surface area contributed by atoms with E-state index in [1.807, 2.05) is 6.21 Å². The maximum absolute atomic E-state index is 4.84. The van der Waals surface area contributed by atoms with Crippen molar-refractivity contribution in [3.8, 4) is 22.3 Å². The first kappa shape index (κ1) is 17.9. The van der Waals surface area contributed by atoms with Gasteiger partial charge in [0.05, 0.1) is 17.9 Å². The molecule has 0 radical (unpaired) electrons. The highest BCUT2D eigenvalue weighted by atomic mass is 15.1. The first-order chi connectivity index (χ1) is 15.3. The fraction of sp³-hybridized carbons (Fsp3) is 0.0690. The molecule has 0 saturated carbocycles. The number of fused-ring (bicyclic) bond motifs is 6. The molecule has 2 heteroatoms. The highest BCUT2D eigenvalue weighted by Crippen LogP contribution is 2.46. The molecule has 2 nitrogen and oxygen atoms in total. The lowest BCUT2D eigenvalue weighted by Crippen LogP contribution is -2.22. The number of rotatable bonds is 2. The minimum absolute atomic E-state index is 0.830. The zero-order valence-electron chi connectivity index (χ0n) is 17.4. The van der Waals surface area contributed by atoms with E-state index in [1.165, 1.54) is 49.5 Å². The Kier molecular flexibility index (Phi) is 4.10. The van der Waals surface area contributed by atoms with Crippen LogP contribution in [0.4, 0.5) is 11.4 Å². The Morgan fingerprint density at radius 2 is 1.13 bits per heavy atom. The fourth-order valence-electron chi connectivity index (χ4n) is 4.69. The third-order valence-electron chi connectivity index (χ3n) is 6.24. The Morgan fingerprint density at radius 1 is 0.581 bits per heavy atom. The van der Waals surface area contributed by atoms with E-state index in [9.17, 15) is 0 Å². The summed E-state index contributed by atoms with van der Waals surface area (Å²) in [6.07, 6.45) is 2.01. The average molecular weight is 399 g/mol. The van der Waals surface area contributed by atoms with E-state index >= 15 is 0 Å². The summed E-state index contributed by atoms with van der Waals surface area (Å²) in [5.74, 6) is 0. The summed E-state index contributed by atoms with van der Waals surface area (Å²) < 4.78 is 0. The molecular formula is C29H22N2. The van der Waals surface area contributed by atoms with E-state index in [-0.39, 0.29) is 0 Å². The molecular weight excluding hydrogens is 376 g/mol. The molecule has 1 aliphatic heterocycles. The number of hydrogen-bond donors (Lipinski definition) is 0. The van der Waals surface area contributed by atoms with Gasteiger partial charge in [0.25, 0.3) is 0 Å². The van der Waals surface area contributed by atoms with Crippen LogP contribution in [0.15, 0.2) is 102 Å². The lowest BCUT2D eigenvalue weighted by Gasteiger charge is -2.26. The van der Waals surface area contributed by atoms with E-state index in [4.69, 9.17) is 4.99 Å². The van der Waals surface area contributed by atoms with Crippen molar-refractivity contribution < 1.29 is 0 Å². The second-order valence-electron chi connectivity index (χ2n) is 8.14. The van der Waals surface area contributed by atoms with Gasteiger partial charge in [-0.2, -0.15) is 0 Å². The van der Waals surface area contributed by atoms with Gasteiger partial charge in [-0.05, 0) is 45.2 Å². The maximum atomic E-state index is 4.84. The Hall–Kier alpha value is -3.91. The predicted octanol–water partition coefficient (Wildman–Crippen LogP) is 7.48. The molecule has 148 valence electrons. The topological polar surface area (TPSA) is 15.6 Å². The highest BCUT2D eigenvalue weighted by Gasteiger charge is 2.20. The van der Waals surface area contributed by atoms with Crippen LogP contribution in [0.5, 0.6) is 0 Å². The van der Waals surface area contributed by atoms with Crippen LogP contribution < -0.4 is 4.90 Å². The number of benzene rings is 5. The third-order valence-corrected chi connectivity index (χ3v) is 6.24. The van der Waals surface area contributed by atoms with Crippen molar-refractivity contribution in [3.63, 3.8) is 0 Å². The second-order valence-corrected chi connectivity index (χ2v) is 8.14.